The van der Waals surface area contributed by atoms with Crippen LogP contribution < -0.4 is 4.72 Å². The second-order valence-electron chi connectivity index (χ2n) is 8.32. The van der Waals surface area contributed by atoms with E-state index in [0.717, 1.165) is 11.1 Å². The predicted octanol–water partition coefficient (Wildman–Crippen LogP) is 3.94. The van der Waals surface area contributed by atoms with Gasteiger partial charge in [0.25, 0.3) is 10.0 Å². The number of nitrogens with zero attached hydrogens (tertiary/aromatic N) is 2. The number of amides is 2. The Morgan fingerprint density at radius 2 is 1.77 bits per heavy atom. The molecule has 9 nitrogen and oxygen atoms in total. The highest BCUT2D eigenvalue weighted by Crippen LogP contribution is 2.33. The predicted molar refractivity (Wildman–Crippen MR) is 129 cm³/mol. The third-order valence-electron chi connectivity index (χ3n) is 5.98. The molecular formula is C25H27N3O6S. The van der Waals surface area contributed by atoms with Crippen molar-refractivity contribution >= 4 is 27.7 Å². The number of benzene rings is 2. The number of anilines is 1. The molecule has 2 heterocycles. The van der Waals surface area contributed by atoms with Crippen molar-refractivity contribution in [3.05, 3.63) is 64.9 Å². The maximum atomic E-state index is 13.3. The van der Waals surface area contributed by atoms with E-state index >= 15 is 0 Å². The summed E-state index contributed by atoms with van der Waals surface area (Å²) in [6, 6.07) is 12.1. The van der Waals surface area contributed by atoms with Crippen molar-refractivity contribution in [3.8, 4) is 11.1 Å². The highest BCUT2D eigenvalue weighted by Gasteiger charge is 2.29. The van der Waals surface area contributed by atoms with E-state index in [1.165, 1.54) is 11.0 Å². The van der Waals surface area contributed by atoms with Gasteiger partial charge in [0.05, 0.1) is 18.0 Å². The molecule has 0 spiro atoms. The number of hydrogen-bond donors (Lipinski definition) is 1. The molecule has 4 rings (SSSR count). The molecule has 1 fully saturated rings. The van der Waals surface area contributed by atoms with E-state index in [4.69, 9.17) is 9.26 Å². The summed E-state index contributed by atoms with van der Waals surface area (Å²) in [5.41, 5.74) is 3.29. The smallest absolute Gasteiger partial charge is 0.263 e. The van der Waals surface area contributed by atoms with E-state index in [-0.39, 0.29) is 48.5 Å². The number of sulfonamides is 1. The molecule has 1 N–H and O–H groups in total. The van der Waals surface area contributed by atoms with Gasteiger partial charge in [0.1, 0.15) is 5.76 Å². The zero-order valence-electron chi connectivity index (χ0n) is 19.8. The normalized spacial score (nSPS) is 14.1. The van der Waals surface area contributed by atoms with E-state index in [0.29, 0.717) is 29.1 Å². The number of nitrogens with one attached hydrogen (secondary N) is 1. The lowest BCUT2D eigenvalue weighted by molar-refractivity contribution is -0.139. The van der Waals surface area contributed by atoms with Crippen LogP contribution >= 0.6 is 0 Å². The van der Waals surface area contributed by atoms with Crippen molar-refractivity contribution in [2.45, 2.75) is 51.7 Å². The van der Waals surface area contributed by atoms with Gasteiger partial charge in [-0.1, -0.05) is 41.6 Å². The average molecular weight is 498 g/mol. The van der Waals surface area contributed by atoms with Crippen molar-refractivity contribution in [1.82, 2.24) is 10.1 Å². The van der Waals surface area contributed by atoms with Gasteiger partial charge >= 0.3 is 0 Å². The molecule has 0 saturated carbocycles. The van der Waals surface area contributed by atoms with Gasteiger partial charge in [-0.05, 0) is 43.5 Å². The molecule has 1 aliphatic heterocycles. The Morgan fingerprint density at radius 3 is 2.43 bits per heavy atom. The Balaban J connectivity index is 1.73. The van der Waals surface area contributed by atoms with Gasteiger partial charge in [-0.2, -0.15) is 0 Å². The largest absolute Gasteiger partial charge is 0.377 e. The average Bonchev–Trinajstić information content (AvgIpc) is 3.33. The van der Waals surface area contributed by atoms with Crippen molar-refractivity contribution in [3.63, 3.8) is 0 Å². The van der Waals surface area contributed by atoms with E-state index in [1.807, 2.05) is 13.0 Å². The molecule has 1 aliphatic rings. The number of hydrogen-bond acceptors (Lipinski definition) is 7. The molecule has 1 saturated heterocycles. The first-order chi connectivity index (χ1) is 16.7. The molecule has 10 heteroatoms. The lowest BCUT2D eigenvalue weighted by Crippen LogP contribution is -2.28. The van der Waals surface area contributed by atoms with Crippen LogP contribution in [0.4, 0.5) is 5.82 Å². The monoisotopic (exact) mass is 497 g/mol. The van der Waals surface area contributed by atoms with Gasteiger partial charge in [-0.15, -0.1) is 0 Å². The lowest BCUT2D eigenvalue weighted by Gasteiger charge is -2.18. The Bertz CT molecular complexity index is 1360. The summed E-state index contributed by atoms with van der Waals surface area (Å²) in [5, 5.41) is 3.81. The van der Waals surface area contributed by atoms with Crippen molar-refractivity contribution in [2.75, 3.05) is 11.3 Å². The molecule has 0 aliphatic carbocycles. The molecule has 3 aromatic rings. The molecule has 0 radical (unpaired) electrons. The third-order valence-corrected chi connectivity index (χ3v) is 7.38. The molecule has 0 unspecified atom stereocenters. The number of aromatic nitrogens is 1. The van der Waals surface area contributed by atoms with Crippen LogP contribution in [0.2, 0.25) is 0 Å². The topological polar surface area (TPSA) is 119 Å². The minimum absolute atomic E-state index is 0.0791. The minimum Gasteiger partial charge on any atom is -0.377 e. The number of ether oxygens (including phenoxy) is 1. The van der Waals surface area contributed by atoms with Crippen LogP contribution in [0.5, 0.6) is 0 Å². The Kier molecular flexibility index (Phi) is 7.04. The van der Waals surface area contributed by atoms with Gasteiger partial charge < -0.3 is 9.26 Å². The third kappa shape index (κ3) is 5.13. The van der Waals surface area contributed by atoms with Crippen LogP contribution in [0.3, 0.4) is 0 Å². The molecular weight excluding hydrogens is 470 g/mol. The summed E-state index contributed by atoms with van der Waals surface area (Å²) < 4.78 is 40.0. The summed E-state index contributed by atoms with van der Waals surface area (Å²) in [6.45, 7) is 6.19. The van der Waals surface area contributed by atoms with Crippen LogP contribution in [0.1, 0.15) is 42.2 Å². The van der Waals surface area contributed by atoms with Gasteiger partial charge in [0.15, 0.2) is 5.82 Å². The standard InChI is InChI=1S/C25H27N3O6S/c1-4-33-15-19-13-18(14-28-23(29)11-12-24(28)30)9-10-20(19)21-7-5-6-8-22(21)35(31,32)27-25-16(2)17(3)34-26-25/h5-10,13H,4,11-12,14-15H2,1-3H3,(H,26,27). The number of aryl methyl sites for hydroxylation is 1. The summed E-state index contributed by atoms with van der Waals surface area (Å²) in [6.07, 6.45) is 0.455. The summed E-state index contributed by atoms with van der Waals surface area (Å²) in [4.78, 5) is 25.5. The van der Waals surface area contributed by atoms with Gasteiger partial charge in [-0.25, -0.2) is 8.42 Å². The fourth-order valence-corrected chi connectivity index (χ4v) is 5.22. The number of likely N-dealkylation sites (tertiary alicyclic amines) is 1. The zero-order chi connectivity index (χ0) is 25.2. The van der Waals surface area contributed by atoms with E-state index < -0.39 is 10.0 Å². The quantitative estimate of drug-likeness (QED) is 0.445. The zero-order valence-corrected chi connectivity index (χ0v) is 20.6. The summed E-state index contributed by atoms with van der Waals surface area (Å²) in [5.74, 6) is 0.292. The lowest BCUT2D eigenvalue weighted by atomic mass is 9.97. The molecule has 184 valence electrons. The van der Waals surface area contributed by atoms with Crippen LogP contribution in [0, 0.1) is 13.8 Å². The van der Waals surface area contributed by atoms with E-state index in [9.17, 15) is 18.0 Å². The number of carbonyl (C=O) groups is 2. The maximum absolute atomic E-state index is 13.3. The van der Waals surface area contributed by atoms with Crippen LogP contribution in [-0.2, 0) is 37.5 Å². The summed E-state index contributed by atoms with van der Waals surface area (Å²) >= 11 is 0. The first-order valence-electron chi connectivity index (χ1n) is 11.3. The van der Waals surface area contributed by atoms with Crippen LogP contribution in [-0.4, -0.2) is 36.9 Å². The van der Waals surface area contributed by atoms with Gasteiger partial charge in [-0.3, -0.25) is 19.2 Å². The van der Waals surface area contributed by atoms with E-state index in [2.05, 4.69) is 9.88 Å². The number of imide groups is 1. The second kappa shape index (κ2) is 10.0. The number of carbonyl (C=O) groups excluding carboxylic acids is 2. The molecule has 0 bridgehead atoms. The Labute approximate surface area is 204 Å². The molecule has 2 amide bonds. The first kappa shape index (κ1) is 24.6. The van der Waals surface area contributed by atoms with Crippen molar-refractivity contribution < 1.29 is 27.3 Å². The maximum Gasteiger partial charge on any atom is 0.263 e. The minimum atomic E-state index is -3.99. The Hall–Kier alpha value is -3.50. The Morgan fingerprint density at radius 1 is 1.06 bits per heavy atom. The second-order valence-corrected chi connectivity index (χ2v) is 9.97. The van der Waals surface area contributed by atoms with Gasteiger partial charge in [0, 0.05) is 30.6 Å². The summed E-state index contributed by atoms with van der Waals surface area (Å²) in [7, 11) is -3.99. The van der Waals surface area contributed by atoms with Crippen LogP contribution in [0.15, 0.2) is 51.9 Å². The van der Waals surface area contributed by atoms with Crippen molar-refractivity contribution in [2.24, 2.45) is 0 Å². The number of rotatable bonds is 9. The fourth-order valence-electron chi connectivity index (χ4n) is 3.94. The highest BCUT2D eigenvalue weighted by atomic mass is 32.2. The fraction of sp³-hybridized carbons (Fsp3) is 0.320. The SMILES string of the molecule is CCOCc1cc(CN2C(=O)CCC2=O)ccc1-c1ccccc1S(=O)(=O)Nc1noc(C)c1C. The highest BCUT2D eigenvalue weighted by molar-refractivity contribution is 7.92. The van der Waals surface area contributed by atoms with Gasteiger partial charge in [0.2, 0.25) is 11.8 Å². The first-order valence-corrected chi connectivity index (χ1v) is 12.8. The molecule has 1 aromatic heterocycles. The van der Waals surface area contributed by atoms with Crippen molar-refractivity contribution in [1.29, 1.82) is 0 Å². The molecule has 0 atom stereocenters. The molecule has 35 heavy (non-hydrogen) atoms. The van der Waals surface area contributed by atoms with E-state index in [1.54, 1.807) is 44.2 Å². The molecule has 2 aromatic carbocycles. The van der Waals surface area contributed by atoms with Crippen LogP contribution in [0.25, 0.3) is 11.1 Å².